The van der Waals surface area contributed by atoms with Gasteiger partial charge in [0.05, 0.1) is 17.7 Å². The predicted molar refractivity (Wildman–Crippen MR) is 78.9 cm³/mol. The van der Waals surface area contributed by atoms with E-state index < -0.39 is 0 Å². The van der Waals surface area contributed by atoms with Gasteiger partial charge in [-0.1, -0.05) is 12.1 Å². The minimum absolute atomic E-state index is 0.294. The molecule has 0 atom stereocenters. The van der Waals surface area contributed by atoms with Crippen LogP contribution in [-0.2, 0) is 12.8 Å². The molecule has 0 aliphatic carbocycles. The molecule has 0 N–H and O–H groups in total. The van der Waals surface area contributed by atoms with E-state index in [2.05, 4.69) is 22.0 Å². The second kappa shape index (κ2) is 5.83. The molecule has 0 spiro atoms. The zero-order chi connectivity index (χ0) is 13.9. The zero-order valence-electron chi connectivity index (χ0n) is 10.9. The molecule has 0 aromatic heterocycles. The fourth-order valence-corrected chi connectivity index (χ4v) is 2.62. The topological polar surface area (TPSA) is 18.5 Å². The second-order valence-electron chi connectivity index (χ2n) is 4.71. The first-order valence-electron chi connectivity index (χ1n) is 6.55. The third kappa shape index (κ3) is 2.96. The summed E-state index contributed by atoms with van der Waals surface area (Å²) in [5.41, 5.74) is 2.47. The van der Waals surface area contributed by atoms with E-state index in [1.54, 1.807) is 6.07 Å². The molecule has 4 heteroatoms. The number of benzene rings is 2. The Hall–Kier alpha value is -1.55. The van der Waals surface area contributed by atoms with Crippen LogP contribution in [0.15, 0.2) is 40.9 Å². The van der Waals surface area contributed by atoms with Crippen molar-refractivity contribution in [3.63, 3.8) is 0 Å². The van der Waals surface area contributed by atoms with Crippen LogP contribution in [0.3, 0.4) is 0 Å². The lowest BCUT2D eigenvalue weighted by atomic mass is 10.1. The van der Waals surface area contributed by atoms with Gasteiger partial charge in [-0.05, 0) is 45.3 Å². The average molecular weight is 337 g/mol. The van der Waals surface area contributed by atoms with Gasteiger partial charge in [0.15, 0.2) is 0 Å². The van der Waals surface area contributed by atoms with Gasteiger partial charge in [0.2, 0.25) is 0 Å². The third-order valence-electron chi connectivity index (χ3n) is 3.30. The first kappa shape index (κ1) is 13.4. The minimum atomic E-state index is -0.294. The Balaban J connectivity index is 1.61. The Morgan fingerprint density at radius 3 is 3.00 bits per heavy atom. The van der Waals surface area contributed by atoms with Gasteiger partial charge in [-0.2, -0.15) is 0 Å². The SMILES string of the molecule is Fc1ccc(Br)c(OCCc2ccc3c(c2)CCO3)c1. The molecule has 20 heavy (non-hydrogen) atoms. The molecule has 3 rings (SSSR count). The van der Waals surface area contributed by atoms with Crippen molar-refractivity contribution in [2.45, 2.75) is 12.8 Å². The fourth-order valence-electron chi connectivity index (χ4n) is 2.26. The number of ether oxygens (including phenoxy) is 2. The molecule has 0 saturated heterocycles. The van der Waals surface area contributed by atoms with Gasteiger partial charge >= 0.3 is 0 Å². The van der Waals surface area contributed by atoms with Crippen LogP contribution < -0.4 is 9.47 Å². The van der Waals surface area contributed by atoms with Gasteiger partial charge in [0.25, 0.3) is 0 Å². The van der Waals surface area contributed by atoms with E-state index >= 15 is 0 Å². The molecule has 1 aliphatic heterocycles. The van der Waals surface area contributed by atoms with Gasteiger partial charge in [0.1, 0.15) is 17.3 Å². The minimum Gasteiger partial charge on any atom is -0.493 e. The summed E-state index contributed by atoms with van der Waals surface area (Å²) in [5, 5.41) is 0. The first-order chi connectivity index (χ1) is 9.72. The van der Waals surface area contributed by atoms with Crippen LogP contribution in [0, 0.1) is 5.82 Å². The van der Waals surface area contributed by atoms with E-state index in [1.807, 2.05) is 12.1 Å². The number of halogens is 2. The van der Waals surface area contributed by atoms with Crippen LogP contribution >= 0.6 is 15.9 Å². The van der Waals surface area contributed by atoms with Crippen LogP contribution in [0.1, 0.15) is 11.1 Å². The largest absolute Gasteiger partial charge is 0.493 e. The van der Waals surface area contributed by atoms with E-state index in [-0.39, 0.29) is 5.82 Å². The van der Waals surface area contributed by atoms with Crippen molar-refractivity contribution in [1.29, 1.82) is 0 Å². The molecule has 0 radical (unpaired) electrons. The van der Waals surface area contributed by atoms with Crippen molar-refractivity contribution in [1.82, 2.24) is 0 Å². The van der Waals surface area contributed by atoms with Crippen molar-refractivity contribution in [2.24, 2.45) is 0 Å². The Bertz CT molecular complexity index is 628. The highest BCUT2D eigenvalue weighted by molar-refractivity contribution is 9.10. The molecular weight excluding hydrogens is 323 g/mol. The molecule has 0 unspecified atom stereocenters. The summed E-state index contributed by atoms with van der Waals surface area (Å²) in [7, 11) is 0. The van der Waals surface area contributed by atoms with E-state index in [1.165, 1.54) is 23.3 Å². The van der Waals surface area contributed by atoms with Crippen LogP contribution in [0.4, 0.5) is 4.39 Å². The lowest BCUT2D eigenvalue weighted by Gasteiger charge is -2.09. The van der Waals surface area contributed by atoms with E-state index in [9.17, 15) is 4.39 Å². The first-order valence-corrected chi connectivity index (χ1v) is 7.34. The Kier molecular flexibility index (Phi) is 3.92. The summed E-state index contributed by atoms with van der Waals surface area (Å²) in [6.07, 6.45) is 1.76. The maximum Gasteiger partial charge on any atom is 0.136 e. The third-order valence-corrected chi connectivity index (χ3v) is 3.95. The maximum absolute atomic E-state index is 13.1. The molecule has 0 amide bonds. The molecule has 104 valence electrons. The van der Waals surface area contributed by atoms with Crippen molar-refractivity contribution < 1.29 is 13.9 Å². The Morgan fingerprint density at radius 2 is 2.10 bits per heavy atom. The van der Waals surface area contributed by atoms with Gasteiger partial charge in [-0.25, -0.2) is 4.39 Å². The lowest BCUT2D eigenvalue weighted by Crippen LogP contribution is -2.02. The summed E-state index contributed by atoms with van der Waals surface area (Å²) < 4.78 is 25.0. The second-order valence-corrected chi connectivity index (χ2v) is 5.57. The molecule has 2 aromatic carbocycles. The van der Waals surface area contributed by atoms with Gasteiger partial charge in [-0.15, -0.1) is 0 Å². The van der Waals surface area contributed by atoms with Gasteiger partial charge < -0.3 is 9.47 Å². The van der Waals surface area contributed by atoms with Gasteiger partial charge in [0, 0.05) is 18.9 Å². The quantitative estimate of drug-likeness (QED) is 0.835. The molecule has 1 aliphatic rings. The number of hydrogen-bond donors (Lipinski definition) is 0. The van der Waals surface area contributed by atoms with Gasteiger partial charge in [-0.3, -0.25) is 0 Å². The van der Waals surface area contributed by atoms with E-state index in [0.29, 0.717) is 12.4 Å². The zero-order valence-corrected chi connectivity index (χ0v) is 12.5. The van der Waals surface area contributed by atoms with Crippen LogP contribution in [0.5, 0.6) is 11.5 Å². The number of rotatable bonds is 4. The summed E-state index contributed by atoms with van der Waals surface area (Å²) in [4.78, 5) is 0. The van der Waals surface area contributed by atoms with Crippen LogP contribution in [-0.4, -0.2) is 13.2 Å². The van der Waals surface area contributed by atoms with Crippen molar-refractivity contribution >= 4 is 15.9 Å². The Morgan fingerprint density at radius 1 is 1.20 bits per heavy atom. The lowest BCUT2D eigenvalue weighted by molar-refractivity contribution is 0.318. The van der Waals surface area contributed by atoms with Crippen molar-refractivity contribution in [2.75, 3.05) is 13.2 Å². The standard InChI is InChI=1S/C16H14BrFO2/c17-14-3-2-13(18)10-16(14)20-7-5-11-1-4-15-12(9-11)6-8-19-15/h1-4,9-10H,5-8H2. The molecule has 0 saturated carbocycles. The van der Waals surface area contributed by atoms with E-state index in [0.717, 1.165) is 29.7 Å². The fraction of sp³-hybridized carbons (Fsp3) is 0.250. The number of fused-ring (bicyclic) bond motifs is 1. The molecule has 0 fully saturated rings. The predicted octanol–water partition coefficient (Wildman–Crippen LogP) is 4.14. The van der Waals surface area contributed by atoms with Crippen LogP contribution in [0.2, 0.25) is 0 Å². The molecule has 2 aromatic rings. The highest BCUT2D eigenvalue weighted by atomic mass is 79.9. The maximum atomic E-state index is 13.1. The highest BCUT2D eigenvalue weighted by Crippen LogP contribution is 2.27. The van der Waals surface area contributed by atoms with Crippen LogP contribution in [0.25, 0.3) is 0 Å². The monoisotopic (exact) mass is 336 g/mol. The Labute approximate surface area is 125 Å². The molecular formula is C16H14BrFO2. The van der Waals surface area contributed by atoms with Crippen molar-refractivity contribution in [3.05, 3.63) is 57.8 Å². The highest BCUT2D eigenvalue weighted by Gasteiger charge is 2.12. The molecule has 0 bridgehead atoms. The summed E-state index contributed by atoms with van der Waals surface area (Å²) >= 11 is 3.35. The summed E-state index contributed by atoms with van der Waals surface area (Å²) in [6, 6.07) is 10.7. The summed E-state index contributed by atoms with van der Waals surface area (Å²) in [6.45, 7) is 1.28. The van der Waals surface area contributed by atoms with Crippen molar-refractivity contribution in [3.8, 4) is 11.5 Å². The normalized spacial score (nSPS) is 12.9. The smallest absolute Gasteiger partial charge is 0.136 e. The molecule has 1 heterocycles. The van der Waals surface area contributed by atoms with E-state index in [4.69, 9.17) is 9.47 Å². The summed E-state index contributed by atoms with van der Waals surface area (Å²) in [5.74, 6) is 1.23. The molecule has 2 nitrogen and oxygen atoms in total. The number of hydrogen-bond acceptors (Lipinski definition) is 2. The average Bonchev–Trinajstić information content (AvgIpc) is 2.90.